The van der Waals surface area contributed by atoms with Crippen LogP contribution in [0.4, 0.5) is 10.5 Å². The zero-order valence-corrected chi connectivity index (χ0v) is 11.9. The predicted octanol–water partition coefficient (Wildman–Crippen LogP) is 2.69. The summed E-state index contributed by atoms with van der Waals surface area (Å²) in [6.45, 7) is 0. The molecule has 0 saturated heterocycles. The van der Waals surface area contributed by atoms with Gasteiger partial charge in [-0.05, 0) is 55.4 Å². The number of anilines is 1. The van der Waals surface area contributed by atoms with E-state index in [1.807, 2.05) is 18.2 Å². The van der Waals surface area contributed by atoms with Crippen LogP contribution in [0.3, 0.4) is 0 Å². The Kier molecular flexibility index (Phi) is 3.57. The Bertz CT molecular complexity index is 577. The maximum absolute atomic E-state index is 12.1. The van der Waals surface area contributed by atoms with Gasteiger partial charge in [-0.3, -0.25) is 0 Å². The first kappa shape index (κ1) is 13.9. The Balaban J connectivity index is 1.67. The van der Waals surface area contributed by atoms with E-state index in [-0.39, 0.29) is 0 Å². The van der Waals surface area contributed by atoms with Crippen LogP contribution in [0, 0.1) is 0 Å². The molecule has 0 aromatic heterocycles. The molecule has 0 spiro atoms. The number of aryl methyl sites for hydroxylation is 2. The minimum Gasteiger partial charge on any atom is -0.480 e. The molecule has 0 radical (unpaired) electrons. The van der Waals surface area contributed by atoms with Crippen molar-refractivity contribution in [3.63, 3.8) is 0 Å². The first-order chi connectivity index (χ1) is 10.1. The van der Waals surface area contributed by atoms with Crippen LogP contribution in [-0.2, 0) is 17.6 Å². The van der Waals surface area contributed by atoms with E-state index >= 15 is 0 Å². The molecule has 0 bridgehead atoms. The van der Waals surface area contributed by atoms with E-state index < -0.39 is 17.5 Å². The van der Waals surface area contributed by atoms with Gasteiger partial charge in [0.15, 0.2) is 0 Å². The standard InChI is InChI=1S/C16H20N2O3/c19-14(20)16(8-1-2-9-16)18-15(21)17-13-7-6-11-4-3-5-12(11)10-13/h6-7,10H,1-5,8-9H2,(H,19,20)(H2,17,18,21). The average Bonchev–Trinajstić information content (AvgIpc) is 3.07. The molecule has 5 heteroatoms. The third-order valence-electron chi connectivity index (χ3n) is 4.58. The number of carbonyl (C=O) groups excluding carboxylic acids is 1. The summed E-state index contributed by atoms with van der Waals surface area (Å²) in [6.07, 6.45) is 5.99. The van der Waals surface area contributed by atoms with Gasteiger partial charge in [0.25, 0.3) is 0 Å². The number of hydrogen-bond acceptors (Lipinski definition) is 2. The number of fused-ring (bicyclic) bond motifs is 1. The van der Waals surface area contributed by atoms with Gasteiger partial charge in [-0.15, -0.1) is 0 Å². The molecule has 1 fully saturated rings. The van der Waals surface area contributed by atoms with Gasteiger partial charge >= 0.3 is 12.0 Å². The largest absolute Gasteiger partial charge is 0.480 e. The molecule has 0 atom stereocenters. The number of aliphatic carboxylic acids is 1. The van der Waals surface area contributed by atoms with Crippen molar-refractivity contribution >= 4 is 17.7 Å². The fraction of sp³-hybridized carbons (Fsp3) is 0.500. The Hall–Kier alpha value is -2.04. The molecule has 112 valence electrons. The number of hydrogen-bond donors (Lipinski definition) is 3. The van der Waals surface area contributed by atoms with E-state index in [1.54, 1.807) is 0 Å². The zero-order valence-electron chi connectivity index (χ0n) is 11.9. The number of carbonyl (C=O) groups is 2. The molecule has 2 amide bonds. The van der Waals surface area contributed by atoms with E-state index in [0.29, 0.717) is 12.8 Å². The van der Waals surface area contributed by atoms with Crippen LogP contribution in [-0.4, -0.2) is 22.6 Å². The molecule has 0 heterocycles. The Labute approximate surface area is 123 Å². The molecule has 3 N–H and O–H groups in total. The third-order valence-corrected chi connectivity index (χ3v) is 4.58. The van der Waals surface area contributed by atoms with Crippen LogP contribution in [0.2, 0.25) is 0 Å². The van der Waals surface area contributed by atoms with Crippen molar-refractivity contribution in [2.45, 2.75) is 50.5 Å². The summed E-state index contributed by atoms with van der Waals surface area (Å²) in [6, 6.07) is 5.48. The van der Waals surface area contributed by atoms with Crippen LogP contribution in [0.1, 0.15) is 43.2 Å². The molecule has 21 heavy (non-hydrogen) atoms. The van der Waals surface area contributed by atoms with Crippen LogP contribution in [0.15, 0.2) is 18.2 Å². The smallest absolute Gasteiger partial charge is 0.329 e. The van der Waals surface area contributed by atoms with Gasteiger partial charge in [0, 0.05) is 5.69 Å². The van der Waals surface area contributed by atoms with Gasteiger partial charge in [-0.2, -0.15) is 0 Å². The zero-order chi connectivity index (χ0) is 14.9. The average molecular weight is 288 g/mol. The number of nitrogens with one attached hydrogen (secondary N) is 2. The summed E-state index contributed by atoms with van der Waals surface area (Å²) < 4.78 is 0. The second kappa shape index (κ2) is 5.39. The lowest BCUT2D eigenvalue weighted by Crippen LogP contribution is -2.53. The van der Waals surface area contributed by atoms with E-state index in [2.05, 4.69) is 10.6 Å². The van der Waals surface area contributed by atoms with E-state index in [0.717, 1.165) is 37.8 Å². The van der Waals surface area contributed by atoms with E-state index in [9.17, 15) is 14.7 Å². The topological polar surface area (TPSA) is 78.4 Å². The molecular weight excluding hydrogens is 268 g/mol. The lowest BCUT2D eigenvalue weighted by atomic mass is 9.98. The molecule has 0 aliphatic heterocycles. The summed E-state index contributed by atoms with van der Waals surface area (Å²) >= 11 is 0. The SMILES string of the molecule is O=C(Nc1ccc2c(c1)CCC2)NC1(C(=O)O)CCCC1. The van der Waals surface area contributed by atoms with Gasteiger partial charge < -0.3 is 15.7 Å². The summed E-state index contributed by atoms with van der Waals surface area (Å²) in [5.41, 5.74) is 2.26. The highest BCUT2D eigenvalue weighted by Gasteiger charge is 2.42. The Morgan fingerprint density at radius 2 is 1.76 bits per heavy atom. The molecule has 1 saturated carbocycles. The predicted molar refractivity (Wildman–Crippen MR) is 79.5 cm³/mol. The van der Waals surface area contributed by atoms with Gasteiger partial charge in [-0.25, -0.2) is 9.59 Å². The number of urea groups is 1. The number of rotatable bonds is 3. The van der Waals surface area contributed by atoms with Crippen LogP contribution < -0.4 is 10.6 Å². The van der Waals surface area contributed by atoms with Crippen LogP contribution >= 0.6 is 0 Å². The lowest BCUT2D eigenvalue weighted by Gasteiger charge is -2.25. The third kappa shape index (κ3) is 2.73. The molecule has 0 unspecified atom stereocenters. The monoisotopic (exact) mass is 288 g/mol. The van der Waals surface area contributed by atoms with Crippen molar-refractivity contribution < 1.29 is 14.7 Å². The number of amides is 2. The van der Waals surface area contributed by atoms with Crippen LogP contribution in [0.5, 0.6) is 0 Å². The van der Waals surface area contributed by atoms with Gasteiger partial charge in [0.05, 0.1) is 0 Å². The number of carboxylic acids is 1. The molecule has 2 aliphatic rings. The first-order valence-electron chi connectivity index (χ1n) is 7.53. The maximum atomic E-state index is 12.1. The second-order valence-corrected chi connectivity index (χ2v) is 6.01. The Morgan fingerprint density at radius 1 is 1.05 bits per heavy atom. The molecular formula is C16H20N2O3. The van der Waals surface area contributed by atoms with E-state index in [4.69, 9.17) is 0 Å². The maximum Gasteiger partial charge on any atom is 0.329 e. The minimum atomic E-state index is -1.10. The van der Waals surface area contributed by atoms with Crippen molar-refractivity contribution in [1.29, 1.82) is 0 Å². The first-order valence-corrected chi connectivity index (χ1v) is 7.53. The van der Waals surface area contributed by atoms with Gasteiger partial charge in [-0.1, -0.05) is 18.9 Å². The van der Waals surface area contributed by atoms with Crippen molar-refractivity contribution in [1.82, 2.24) is 5.32 Å². The summed E-state index contributed by atoms with van der Waals surface area (Å²) in [4.78, 5) is 23.5. The van der Waals surface area contributed by atoms with Gasteiger partial charge in [0.1, 0.15) is 5.54 Å². The molecule has 3 rings (SSSR count). The van der Waals surface area contributed by atoms with Crippen molar-refractivity contribution in [2.24, 2.45) is 0 Å². The highest BCUT2D eigenvalue weighted by atomic mass is 16.4. The quantitative estimate of drug-likeness (QED) is 0.800. The number of carboxylic acid groups (broad SMARTS) is 1. The van der Waals surface area contributed by atoms with Crippen LogP contribution in [0.25, 0.3) is 0 Å². The van der Waals surface area contributed by atoms with Gasteiger partial charge in [0.2, 0.25) is 0 Å². The minimum absolute atomic E-state index is 0.433. The number of benzene rings is 1. The molecule has 1 aromatic rings. The molecule has 5 nitrogen and oxygen atoms in total. The normalized spacial score (nSPS) is 19.0. The fourth-order valence-electron chi connectivity index (χ4n) is 3.40. The Morgan fingerprint density at radius 3 is 2.48 bits per heavy atom. The lowest BCUT2D eigenvalue weighted by molar-refractivity contribution is -0.144. The fourth-order valence-corrected chi connectivity index (χ4v) is 3.40. The summed E-state index contributed by atoms with van der Waals surface area (Å²) in [7, 11) is 0. The highest BCUT2D eigenvalue weighted by Crippen LogP contribution is 2.30. The van der Waals surface area contributed by atoms with E-state index in [1.165, 1.54) is 11.1 Å². The molecule has 2 aliphatic carbocycles. The van der Waals surface area contributed by atoms with Crippen molar-refractivity contribution in [3.8, 4) is 0 Å². The van der Waals surface area contributed by atoms with Crippen molar-refractivity contribution in [3.05, 3.63) is 29.3 Å². The second-order valence-electron chi connectivity index (χ2n) is 6.01. The molecule has 1 aromatic carbocycles. The van der Waals surface area contributed by atoms with Crippen molar-refractivity contribution in [2.75, 3.05) is 5.32 Å². The summed E-state index contributed by atoms with van der Waals surface area (Å²) in [5, 5.41) is 14.8. The summed E-state index contributed by atoms with van der Waals surface area (Å²) in [5.74, 6) is -0.941. The highest BCUT2D eigenvalue weighted by molar-refractivity contribution is 5.94.